The third-order valence-electron chi connectivity index (χ3n) is 1.12. The molecule has 0 aromatic heterocycles. The Morgan fingerprint density at radius 1 is 1.15 bits per heavy atom. The molecule has 0 rings (SSSR count). The number of aliphatic hydroxyl groups is 1. The minimum atomic E-state index is -1.38. The van der Waals surface area contributed by atoms with E-state index in [0.29, 0.717) is 0 Å². The van der Waals surface area contributed by atoms with Crippen molar-refractivity contribution in [1.29, 1.82) is 0 Å². The number of carbonyl (C=O) groups is 2. The van der Waals surface area contributed by atoms with E-state index in [1.54, 1.807) is 0 Å². The van der Waals surface area contributed by atoms with Gasteiger partial charge in [-0.15, -0.1) is 0 Å². The Labute approximate surface area is 85.6 Å². The SMILES string of the molecule is O=C([O-])CN(CCO)CC(=O)[O-].[Fe+2]. The summed E-state index contributed by atoms with van der Waals surface area (Å²) in [4.78, 5) is 21.0. The molecule has 76 valence electrons. The van der Waals surface area contributed by atoms with E-state index in [4.69, 9.17) is 5.11 Å². The summed E-state index contributed by atoms with van der Waals surface area (Å²) in [6, 6.07) is 0. The molecular weight excluding hydrogens is 222 g/mol. The Kier molecular flexibility index (Phi) is 9.16. The van der Waals surface area contributed by atoms with Crippen LogP contribution in [0.4, 0.5) is 0 Å². The summed E-state index contributed by atoms with van der Waals surface area (Å²) < 4.78 is 0. The topological polar surface area (TPSA) is 104 Å². The molecule has 0 aliphatic heterocycles. The average molecular weight is 231 g/mol. The van der Waals surface area contributed by atoms with Crippen LogP contribution in [0.1, 0.15) is 0 Å². The largest absolute Gasteiger partial charge is 2.00 e. The van der Waals surface area contributed by atoms with E-state index in [1.165, 1.54) is 0 Å². The van der Waals surface area contributed by atoms with Gasteiger partial charge < -0.3 is 24.9 Å². The summed E-state index contributed by atoms with van der Waals surface area (Å²) >= 11 is 0. The van der Waals surface area contributed by atoms with Gasteiger partial charge in [0.15, 0.2) is 0 Å². The Balaban J connectivity index is 0. The van der Waals surface area contributed by atoms with Gasteiger partial charge in [0.05, 0.1) is 18.5 Å². The number of carboxylic acid groups (broad SMARTS) is 2. The number of carboxylic acids is 2. The van der Waals surface area contributed by atoms with Gasteiger partial charge in [-0.3, -0.25) is 4.90 Å². The maximum Gasteiger partial charge on any atom is 2.00 e. The molecule has 0 aromatic carbocycles. The first-order chi connectivity index (χ1) is 5.56. The molecule has 0 atom stereocenters. The monoisotopic (exact) mass is 231 g/mol. The van der Waals surface area contributed by atoms with E-state index in [0.717, 1.165) is 4.90 Å². The van der Waals surface area contributed by atoms with Gasteiger partial charge in [0.1, 0.15) is 0 Å². The summed E-state index contributed by atoms with van der Waals surface area (Å²) in [7, 11) is 0. The molecular formula is C6H9FeNO5. The minimum Gasteiger partial charge on any atom is -0.549 e. The molecule has 6 nitrogen and oxygen atoms in total. The molecule has 0 spiro atoms. The standard InChI is InChI=1S/C6H11NO5.Fe/c8-2-1-7(3-5(9)10)4-6(11)12;/h8H,1-4H2,(H,9,10)(H,11,12);/q;+2/p-2. The van der Waals surface area contributed by atoms with Crippen LogP contribution in [-0.4, -0.2) is 48.2 Å². The second-order valence-corrected chi connectivity index (χ2v) is 2.18. The summed E-state index contributed by atoms with van der Waals surface area (Å²) in [6.45, 7) is -1.37. The second kappa shape index (κ2) is 8.00. The number of carbonyl (C=O) groups excluding carboxylic acids is 2. The van der Waals surface area contributed by atoms with Crippen LogP contribution in [0.25, 0.3) is 0 Å². The first-order valence-electron chi connectivity index (χ1n) is 3.29. The Morgan fingerprint density at radius 3 is 1.77 bits per heavy atom. The van der Waals surface area contributed by atoms with E-state index >= 15 is 0 Å². The van der Waals surface area contributed by atoms with Crippen molar-refractivity contribution in [2.24, 2.45) is 0 Å². The second-order valence-electron chi connectivity index (χ2n) is 2.18. The van der Waals surface area contributed by atoms with Crippen molar-refractivity contribution >= 4 is 11.9 Å². The molecule has 0 saturated heterocycles. The number of nitrogens with zero attached hydrogens (tertiary/aromatic N) is 1. The smallest absolute Gasteiger partial charge is 0.549 e. The van der Waals surface area contributed by atoms with Gasteiger partial charge in [0.25, 0.3) is 0 Å². The van der Waals surface area contributed by atoms with Crippen LogP contribution in [-0.2, 0) is 26.7 Å². The maximum absolute atomic E-state index is 10.0. The Hall–Kier alpha value is -0.621. The van der Waals surface area contributed by atoms with E-state index in [9.17, 15) is 19.8 Å². The van der Waals surface area contributed by atoms with Crippen LogP contribution in [0, 0.1) is 0 Å². The van der Waals surface area contributed by atoms with Crippen molar-refractivity contribution in [3.63, 3.8) is 0 Å². The van der Waals surface area contributed by atoms with E-state index in [-0.39, 0.29) is 30.2 Å². The number of aliphatic carboxylic acids is 2. The molecule has 0 unspecified atom stereocenters. The van der Waals surface area contributed by atoms with E-state index in [1.807, 2.05) is 0 Å². The van der Waals surface area contributed by atoms with Crippen LogP contribution in [0.3, 0.4) is 0 Å². The summed E-state index contributed by atoms with van der Waals surface area (Å²) in [5.74, 6) is -2.77. The van der Waals surface area contributed by atoms with Gasteiger partial charge in [0.2, 0.25) is 0 Å². The molecule has 0 aliphatic carbocycles. The minimum absolute atomic E-state index is 0. The zero-order valence-corrected chi connectivity index (χ0v) is 7.81. The number of aliphatic hydroxyl groups excluding tert-OH is 1. The number of rotatable bonds is 6. The van der Waals surface area contributed by atoms with Crippen molar-refractivity contribution in [1.82, 2.24) is 4.90 Å². The molecule has 13 heavy (non-hydrogen) atoms. The molecule has 0 bridgehead atoms. The first-order valence-corrected chi connectivity index (χ1v) is 3.29. The molecule has 0 aliphatic rings. The molecule has 0 aromatic rings. The van der Waals surface area contributed by atoms with Gasteiger partial charge in [-0.05, 0) is 0 Å². The molecule has 1 N–H and O–H groups in total. The predicted molar refractivity (Wildman–Crippen MR) is 33.5 cm³/mol. The molecule has 7 heteroatoms. The van der Waals surface area contributed by atoms with Crippen LogP contribution >= 0.6 is 0 Å². The van der Waals surface area contributed by atoms with E-state index < -0.39 is 25.0 Å². The molecule has 0 saturated carbocycles. The van der Waals surface area contributed by atoms with Crippen LogP contribution in [0.15, 0.2) is 0 Å². The predicted octanol–water partition coefficient (Wildman–Crippen LogP) is -4.22. The van der Waals surface area contributed by atoms with Crippen LogP contribution in [0.5, 0.6) is 0 Å². The third-order valence-corrected chi connectivity index (χ3v) is 1.12. The normalized spacial score (nSPS) is 9.38. The molecule has 0 amide bonds. The van der Waals surface area contributed by atoms with Crippen LogP contribution in [0.2, 0.25) is 0 Å². The van der Waals surface area contributed by atoms with Crippen LogP contribution < -0.4 is 10.2 Å². The van der Waals surface area contributed by atoms with E-state index in [2.05, 4.69) is 0 Å². The number of hydrogen-bond donors (Lipinski definition) is 1. The maximum atomic E-state index is 10.0. The summed E-state index contributed by atoms with van der Waals surface area (Å²) in [6.07, 6.45) is 0. The van der Waals surface area contributed by atoms with Gasteiger partial charge >= 0.3 is 17.1 Å². The zero-order valence-electron chi connectivity index (χ0n) is 6.71. The summed E-state index contributed by atoms with van der Waals surface area (Å²) in [5, 5.41) is 28.4. The fourth-order valence-corrected chi connectivity index (χ4v) is 0.721. The van der Waals surface area contributed by atoms with Crippen molar-refractivity contribution in [2.45, 2.75) is 0 Å². The van der Waals surface area contributed by atoms with Crippen molar-refractivity contribution in [3.8, 4) is 0 Å². The Bertz CT molecular complexity index is 158. The third kappa shape index (κ3) is 9.29. The first kappa shape index (κ1) is 14.9. The Morgan fingerprint density at radius 2 is 1.54 bits per heavy atom. The zero-order chi connectivity index (χ0) is 9.56. The van der Waals surface area contributed by atoms with Crippen molar-refractivity contribution in [3.05, 3.63) is 0 Å². The molecule has 0 radical (unpaired) electrons. The quantitative estimate of drug-likeness (QED) is 0.464. The van der Waals surface area contributed by atoms with Crippen molar-refractivity contribution in [2.75, 3.05) is 26.2 Å². The number of hydrogen-bond acceptors (Lipinski definition) is 6. The van der Waals surface area contributed by atoms with Gasteiger partial charge in [-0.2, -0.15) is 0 Å². The van der Waals surface area contributed by atoms with Crippen molar-refractivity contribution < 1.29 is 42.0 Å². The average Bonchev–Trinajstić information content (AvgIpc) is 1.84. The fraction of sp³-hybridized carbons (Fsp3) is 0.667. The van der Waals surface area contributed by atoms with Gasteiger partial charge in [-0.25, -0.2) is 0 Å². The molecule has 0 heterocycles. The summed E-state index contributed by atoms with van der Waals surface area (Å²) in [5.41, 5.74) is 0. The van der Waals surface area contributed by atoms with Gasteiger partial charge in [-0.1, -0.05) is 0 Å². The van der Waals surface area contributed by atoms with Gasteiger partial charge in [0, 0.05) is 19.6 Å². The fourth-order valence-electron chi connectivity index (χ4n) is 0.721. The molecule has 0 fully saturated rings.